The molecule has 1 aliphatic rings. The minimum Gasteiger partial charge on any atom is -0.387 e. The Morgan fingerprint density at radius 3 is 2.76 bits per heavy atom. The van der Waals surface area contributed by atoms with Crippen molar-refractivity contribution in [1.82, 2.24) is 19.5 Å². The SMILES string of the molecule is CCCc1ncnc2c1ncn2[C@@H]1O[C@H](COS(N)(=O)=O)[C@@H](O)[C@H]1O. The number of ether oxygens (including phenoxy) is 1. The van der Waals surface area contributed by atoms with E-state index in [2.05, 4.69) is 19.1 Å². The Bertz CT molecular complexity index is 856. The summed E-state index contributed by atoms with van der Waals surface area (Å²) in [6, 6.07) is 0. The van der Waals surface area contributed by atoms with E-state index in [1.807, 2.05) is 6.92 Å². The van der Waals surface area contributed by atoms with Crippen molar-refractivity contribution in [3.63, 3.8) is 0 Å². The first-order valence-corrected chi connectivity index (χ1v) is 9.14. The summed E-state index contributed by atoms with van der Waals surface area (Å²) in [6.45, 7) is 1.50. The predicted molar refractivity (Wildman–Crippen MR) is 84.3 cm³/mol. The van der Waals surface area contributed by atoms with Crippen LogP contribution in [0.4, 0.5) is 0 Å². The van der Waals surface area contributed by atoms with Crippen LogP contribution in [0.1, 0.15) is 25.3 Å². The smallest absolute Gasteiger partial charge is 0.333 e. The molecule has 12 heteroatoms. The number of fused-ring (bicyclic) bond motifs is 1. The first-order chi connectivity index (χ1) is 11.8. The molecule has 0 aliphatic carbocycles. The highest BCUT2D eigenvalue weighted by atomic mass is 32.2. The first-order valence-electron chi connectivity index (χ1n) is 7.67. The third-order valence-corrected chi connectivity index (χ3v) is 4.39. The van der Waals surface area contributed by atoms with Gasteiger partial charge in [0.15, 0.2) is 11.9 Å². The second-order valence-corrected chi connectivity index (χ2v) is 6.94. The lowest BCUT2D eigenvalue weighted by molar-refractivity contribution is -0.0467. The van der Waals surface area contributed by atoms with Gasteiger partial charge in [0.05, 0.1) is 18.6 Å². The van der Waals surface area contributed by atoms with E-state index in [1.165, 1.54) is 17.2 Å². The van der Waals surface area contributed by atoms with Gasteiger partial charge in [-0.15, -0.1) is 0 Å². The molecule has 1 fully saturated rings. The zero-order chi connectivity index (χ0) is 18.2. The average molecular weight is 373 g/mol. The maximum Gasteiger partial charge on any atom is 0.333 e. The van der Waals surface area contributed by atoms with Crippen molar-refractivity contribution in [2.45, 2.75) is 44.3 Å². The van der Waals surface area contributed by atoms with Crippen molar-refractivity contribution in [2.24, 2.45) is 5.14 Å². The van der Waals surface area contributed by atoms with E-state index in [1.54, 1.807) is 0 Å². The molecule has 0 bridgehead atoms. The van der Waals surface area contributed by atoms with Crippen LogP contribution in [0, 0.1) is 0 Å². The molecular weight excluding hydrogens is 354 g/mol. The second kappa shape index (κ2) is 6.90. The Labute approximate surface area is 143 Å². The van der Waals surface area contributed by atoms with Gasteiger partial charge < -0.3 is 14.9 Å². The quantitative estimate of drug-likeness (QED) is 0.553. The molecule has 3 heterocycles. The molecule has 4 atom stereocenters. The Morgan fingerprint density at radius 2 is 2.08 bits per heavy atom. The minimum atomic E-state index is -4.18. The van der Waals surface area contributed by atoms with Gasteiger partial charge in [-0.3, -0.25) is 8.75 Å². The third kappa shape index (κ3) is 3.63. The van der Waals surface area contributed by atoms with E-state index in [0.717, 1.165) is 18.5 Å². The zero-order valence-corrected chi connectivity index (χ0v) is 14.2. The summed E-state index contributed by atoms with van der Waals surface area (Å²) in [5, 5.41) is 25.1. The van der Waals surface area contributed by atoms with E-state index in [9.17, 15) is 18.6 Å². The fraction of sp³-hybridized carbons (Fsp3) is 0.615. The molecule has 3 rings (SSSR count). The largest absolute Gasteiger partial charge is 0.387 e. The Kier molecular flexibility index (Phi) is 4.99. The number of nitrogens with zero attached hydrogens (tertiary/aromatic N) is 4. The van der Waals surface area contributed by atoms with Crippen molar-refractivity contribution >= 4 is 21.5 Å². The van der Waals surface area contributed by atoms with Gasteiger partial charge in [-0.2, -0.15) is 8.42 Å². The van der Waals surface area contributed by atoms with Crippen LogP contribution in [-0.2, 0) is 25.6 Å². The molecule has 2 aromatic heterocycles. The maximum atomic E-state index is 10.9. The average Bonchev–Trinajstić information content (AvgIpc) is 3.09. The molecule has 1 aliphatic heterocycles. The molecule has 138 valence electrons. The number of aliphatic hydroxyl groups excluding tert-OH is 2. The van der Waals surface area contributed by atoms with Crippen molar-refractivity contribution in [2.75, 3.05) is 6.61 Å². The van der Waals surface area contributed by atoms with Gasteiger partial charge in [-0.1, -0.05) is 13.3 Å². The summed E-state index contributed by atoms with van der Waals surface area (Å²) >= 11 is 0. The lowest BCUT2D eigenvalue weighted by Crippen LogP contribution is -2.35. The Hall–Kier alpha value is -1.70. The Balaban J connectivity index is 1.87. The van der Waals surface area contributed by atoms with E-state index in [4.69, 9.17) is 9.88 Å². The molecule has 0 amide bonds. The molecule has 0 spiro atoms. The van der Waals surface area contributed by atoms with Crippen molar-refractivity contribution in [1.29, 1.82) is 0 Å². The van der Waals surface area contributed by atoms with Crippen molar-refractivity contribution < 1.29 is 27.6 Å². The summed E-state index contributed by atoms with van der Waals surface area (Å²) in [5.74, 6) is 0. The van der Waals surface area contributed by atoms with Crippen LogP contribution in [0.3, 0.4) is 0 Å². The van der Waals surface area contributed by atoms with E-state index < -0.39 is 41.5 Å². The van der Waals surface area contributed by atoms with Crippen LogP contribution < -0.4 is 5.14 Å². The number of aliphatic hydroxyl groups is 2. The fourth-order valence-electron chi connectivity index (χ4n) is 2.76. The van der Waals surface area contributed by atoms with Crippen LogP contribution in [0.25, 0.3) is 11.2 Å². The normalized spacial score (nSPS) is 27.2. The van der Waals surface area contributed by atoms with Gasteiger partial charge in [0.2, 0.25) is 0 Å². The number of hydrogen-bond acceptors (Lipinski definition) is 9. The third-order valence-electron chi connectivity index (χ3n) is 3.93. The lowest BCUT2D eigenvalue weighted by atomic mass is 10.1. The number of nitrogens with two attached hydrogens (primary N) is 1. The van der Waals surface area contributed by atoms with Gasteiger partial charge in [-0.05, 0) is 6.42 Å². The number of aromatic nitrogens is 4. The number of aryl methyl sites for hydroxylation is 1. The van der Waals surface area contributed by atoms with E-state index in [-0.39, 0.29) is 0 Å². The molecule has 25 heavy (non-hydrogen) atoms. The standard InChI is InChI=1S/C13H19N5O6S/c1-2-3-7-9-12(16-5-15-7)18(6-17-9)13-11(20)10(19)8(24-13)4-23-25(14,21)22/h5-6,8,10-11,13,19-20H,2-4H2,1H3,(H2,14,21,22)/t8-,10-,11-,13-/m1/s1. The minimum absolute atomic E-state index is 0.447. The van der Waals surface area contributed by atoms with Gasteiger partial charge >= 0.3 is 10.3 Å². The van der Waals surface area contributed by atoms with E-state index in [0.29, 0.717) is 11.2 Å². The highest BCUT2D eigenvalue weighted by Gasteiger charge is 2.44. The van der Waals surface area contributed by atoms with Gasteiger partial charge in [-0.25, -0.2) is 20.1 Å². The molecule has 0 saturated carbocycles. The van der Waals surface area contributed by atoms with Crippen LogP contribution in [0.2, 0.25) is 0 Å². The Morgan fingerprint density at radius 1 is 1.32 bits per heavy atom. The molecule has 4 N–H and O–H groups in total. The van der Waals surface area contributed by atoms with Crippen LogP contribution in [-0.4, -0.2) is 63.1 Å². The summed E-state index contributed by atoms with van der Waals surface area (Å²) in [7, 11) is -4.18. The summed E-state index contributed by atoms with van der Waals surface area (Å²) < 4.78 is 33.2. The van der Waals surface area contributed by atoms with Crippen molar-refractivity contribution in [3.05, 3.63) is 18.3 Å². The van der Waals surface area contributed by atoms with Gasteiger partial charge in [0, 0.05) is 0 Å². The number of imidazole rings is 1. The topological polar surface area (TPSA) is 163 Å². The number of rotatable bonds is 6. The van der Waals surface area contributed by atoms with Crippen LogP contribution in [0.15, 0.2) is 12.7 Å². The first kappa shape index (κ1) is 18.1. The van der Waals surface area contributed by atoms with Crippen molar-refractivity contribution in [3.8, 4) is 0 Å². The van der Waals surface area contributed by atoms with Gasteiger partial charge in [0.1, 0.15) is 30.2 Å². The molecule has 1 saturated heterocycles. The zero-order valence-electron chi connectivity index (χ0n) is 13.4. The summed E-state index contributed by atoms with van der Waals surface area (Å²) in [6.07, 6.45) is -0.333. The summed E-state index contributed by atoms with van der Waals surface area (Å²) in [4.78, 5) is 12.6. The van der Waals surface area contributed by atoms with Crippen LogP contribution in [0.5, 0.6) is 0 Å². The number of hydrogen-bond donors (Lipinski definition) is 3. The maximum absolute atomic E-state index is 10.9. The van der Waals surface area contributed by atoms with E-state index >= 15 is 0 Å². The second-order valence-electron chi connectivity index (χ2n) is 5.72. The predicted octanol–water partition coefficient (Wildman–Crippen LogP) is -1.38. The molecule has 0 radical (unpaired) electrons. The summed E-state index contributed by atoms with van der Waals surface area (Å²) in [5.41, 5.74) is 1.80. The highest BCUT2D eigenvalue weighted by molar-refractivity contribution is 7.84. The fourth-order valence-corrected chi connectivity index (χ4v) is 3.09. The molecule has 0 unspecified atom stereocenters. The van der Waals surface area contributed by atoms with Crippen LogP contribution >= 0.6 is 0 Å². The van der Waals surface area contributed by atoms with Gasteiger partial charge in [0.25, 0.3) is 0 Å². The highest BCUT2D eigenvalue weighted by Crippen LogP contribution is 2.32. The lowest BCUT2D eigenvalue weighted by Gasteiger charge is -2.16. The molecule has 0 aromatic carbocycles. The molecule has 11 nitrogen and oxygen atoms in total. The monoisotopic (exact) mass is 373 g/mol. The molecule has 2 aromatic rings. The molecular formula is C13H19N5O6S.